The van der Waals surface area contributed by atoms with Gasteiger partial charge in [0.25, 0.3) is 5.91 Å². The molecular formula is C30H59N7O18. The molecule has 322 valence electrons. The van der Waals surface area contributed by atoms with Gasteiger partial charge in [0.2, 0.25) is 0 Å². The lowest BCUT2D eigenvalue weighted by Gasteiger charge is -2.48. The molecule has 1 amide bonds. The molecule has 2 unspecified atom stereocenters. The Hall–Kier alpha value is -1.45. The smallest absolute Gasteiger partial charge is 0.251 e. The molecule has 55 heavy (non-hydrogen) atoms. The summed E-state index contributed by atoms with van der Waals surface area (Å²) in [6.45, 7) is -2.29. The largest absolute Gasteiger partial charge is 0.394 e. The maximum atomic E-state index is 12.8. The van der Waals surface area contributed by atoms with Crippen LogP contribution in [0.15, 0.2) is 0 Å². The Morgan fingerprint density at radius 1 is 0.709 bits per heavy atom. The number of nitrogens with two attached hydrogens (primary N) is 5. The summed E-state index contributed by atoms with van der Waals surface area (Å²) in [6.07, 6.45) is -27.8. The number of carbonyl (C=O) groups excluding carboxylic acids is 1. The number of aliphatic hydroxyl groups is 11. The second-order valence-corrected chi connectivity index (χ2v) is 14.2. The molecule has 0 aromatic heterocycles. The topological polar surface area (TPSA) is 449 Å². The summed E-state index contributed by atoms with van der Waals surface area (Å²) < 4.78 is 35.2. The van der Waals surface area contributed by atoms with Gasteiger partial charge in [0, 0.05) is 32.2 Å². The molecule has 22 atom stereocenters. The van der Waals surface area contributed by atoms with Gasteiger partial charge in [-0.2, -0.15) is 0 Å². The van der Waals surface area contributed by atoms with E-state index in [1.54, 1.807) is 0 Å². The van der Waals surface area contributed by atoms with E-state index < -0.39 is 160 Å². The number of aliphatic hydroxyl groups excluding tert-OH is 11. The van der Waals surface area contributed by atoms with Crippen LogP contribution in [0, 0.1) is 0 Å². The molecule has 4 fully saturated rings. The number of amides is 1. The Morgan fingerprint density at radius 3 is 1.82 bits per heavy atom. The summed E-state index contributed by atoms with van der Waals surface area (Å²) in [4.78, 5) is 12.8. The third-order valence-corrected chi connectivity index (χ3v) is 10.2. The lowest BCUT2D eigenvalue weighted by molar-refractivity contribution is -0.308. The number of ether oxygens (including phenoxy) is 6. The Labute approximate surface area is 315 Å². The van der Waals surface area contributed by atoms with Crippen LogP contribution in [-0.4, -0.2) is 236 Å². The summed E-state index contributed by atoms with van der Waals surface area (Å²) in [5.41, 5.74) is 29.7. The maximum Gasteiger partial charge on any atom is 0.251 e. The minimum Gasteiger partial charge on any atom is -0.394 e. The van der Waals surface area contributed by atoms with Crippen molar-refractivity contribution < 1.29 is 89.4 Å². The van der Waals surface area contributed by atoms with Crippen molar-refractivity contribution in [2.24, 2.45) is 28.7 Å². The van der Waals surface area contributed by atoms with E-state index in [0.29, 0.717) is 0 Å². The first-order chi connectivity index (χ1) is 26.0. The van der Waals surface area contributed by atoms with Crippen molar-refractivity contribution in [2.75, 3.05) is 39.4 Å². The molecule has 25 nitrogen and oxygen atoms in total. The van der Waals surface area contributed by atoms with Crippen molar-refractivity contribution in [3.05, 3.63) is 0 Å². The highest BCUT2D eigenvalue weighted by Gasteiger charge is 2.55. The standard InChI is InChI=1S/C30H59N7O18/c31-2-11(41)18(43)27(49)37-10-1-9(33)24(53-29-16(35)22(47)20(45)13(51-29)5-36-4-8(40)6-38)26(17(10)42)55-30-23(48)25(14(7-39)52-30)54-28-15(34)21(46)19(44)12(3-32)50-28/h8-26,28-30,36,38-48H,1-7,31-35H2,(H,37,49)/t8?,9-,10+,11+,12-,13+,14+,15+,16+,17-,18?,19+,20+,21+,22+,23+,24+,25+,26+,28+,29+,30-/m0/s1. The quantitative estimate of drug-likeness (QED) is 0.0649. The maximum absolute atomic E-state index is 12.8. The Kier molecular flexibility index (Phi) is 17.2. The molecule has 4 rings (SSSR count). The van der Waals surface area contributed by atoms with Gasteiger partial charge >= 0.3 is 0 Å². The zero-order chi connectivity index (χ0) is 40.9. The first-order valence-corrected chi connectivity index (χ1v) is 17.9. The van der Waals surface area contributed by atoms with Gasteiger partial charge in [-0.3, -0.25) is 4.79 Å². The van der Waals surface area contributed by atoms with E-state index in [2.05, 4.69) is 10.6 Å². The molecule has 0 spiro atoms. The lowest BCUT2D eigenvalue weighted by atomic mass is 9.83. The third kappa shape index (κ3) is 10.6. The van der Waals surface area contributed by atoms with Crippen LogP contribution >= 0.6 is 0 Å². The average molecular weight is 806 g/mol. The molecule has 23 N–H and O–H groups in total. The van der Waals surface area contributed by atoms with Crippen LogP contribution in [0.3, 0.4) is 0 Å². The first kappa shape index (κ1) is 46.2. The van der Waals surface area contributed by atoms with Crippen LogP contribution in [0.2, 0.25) is 0 Å². The summed E-state index contributed by atoms with van der Waals surface area (Å²) in [7, 11) is 0. The molecule has 25 heteroatoms. The van der Waals surface area contributed by atoms with Crippen molar-refractivity contribution in [1.29, 1.82) is 0 Å². The van der Waals surface area contributed by atoms with Gasteiger partial charge in [-0.05, 0) is 6.42 Å². The van der Waals surface area contributed by atoms with Gasteiger partial charge in [-0.15, -0.1) is 0 Å². The SMILES string of the molecule is NC[C@@H](O)C(O)C(=O)N[C@@H]1C[C@H](N)[C@@H](O[C@H]2O[C@H](CNCC(O)CO)[C@@H](O)[C@H](O)[C@H]2N)[C@H](O[C@@H]2O[C@H](CO)[C@@H](O[C@H]3O[C@@H](CN)[C@@H](O)[C@H](O)[C@H]3N)[C@H]2O)[C@H]1O. The molecule has 0 bridgehead atoms. The first-order valence-electron chi connectivity index (χ1n) is 17.9. The minimum absolute atomic E-state index is 0.103. The van der Waals surface area contributed by atoms with E-state index in [0.717, 1.165) is 0 Å². The fourth-order valence-corrected chi connectivity index (χ4v) is 6.85. The van der Waals surface area contributed by atoms with Crippen molar-refractivity contribution >= 4 is 5.91 Å². The predicted octanol–water partition coefficient (Wildman–Crippen LogP) is -12.1. The van der Waals surface area contributed by atoms with Crippen LogP contribution in [0.4, 0.5) is 0 Å². The van der Waals surface area contributed by atoms with Crippen molar-refractivity contribution in [1.82, 2.24) is 10.6 Å². The molecule has 0 aromatic rings. The minimum atomic E-state index is -2.00. The van der Waals surface area contributed by atoms with Crippen LogP contribution in [0.5, 0.6) is 0 Å². The summed E-state index contributed by atoms with van der Waals surface area (Å²) in [6, 6.07) is -5.24. The van der Waals surface area contributed by atoms with Crippen molar-refractivity contribution in [3.8, 4) is 0 Å². The monoisotopic (exact) mass is 805 g/mol. The zero-order valence-corrected chi connectivity index (χ0v) is 29.8. The molecule has 4 aliphatic rings. The van der Waals surface area contributed by atoms with E-state index in [9.17, 15) is 55.9 Å². The molecule has 3 saturated heterocycles. The second kappa shape index (κ2) is 20.5. The summed E-state index contributed by atoms with van der Waals surface area (Å²) >= 11 is 0. The molecule has 3 heterocycles. The number of rotatable bonds is 17. The van der Waals surface area contributed by atoms with E-state index in [1.165, 1.54) is 0 Å². The van der Waals surface area contributed by atoms with Gasteiger partial charge in [0.05, 0.1) is 37.4 Å². The van der Waals surface area contributed by atoms with E-state index >= 15 is 0 Å². The second-order valence-electron chi connectivity index (χ2n) is 14.2. The molecule has 0 radical (unpaired) electrons. The van der Waals surface area contributed by atoms with Crippen LogP contribution in [-0.2, 0) is 33.2 Å². The number of hydrogen-bond acceptors (Lipinski definition) is 24. The fraction of sp³-hybridized carbons (Fsp3) is 0.967. The third-order valence-electron chi connectivity index (χ3n) is 10.2. The van der Waals surface area contributed by atoms with E-state index in [-0.39, 0.29) is 26.1 Å². The lowest BCUT2D eigenvalue weighted by Crippen LogP contribution is -2.69. The van der Waals surface area contributed by atoms with Crippen molar-refractivity contribution in [2.45, 2.75) is 141 Å². The van der Waals surface area contributed by atoms with Gasteiger partial charge in [-0.25, -0.2) is 0 Å². The summed E-state index contributed by atoms with van der Waals surface area (Å²) in [5.74, 6) is -1.12. The molecule has 3 aliphatic heterocycles. The predicted molar refractivity (Wildman–Crippen MR) is 180 cm³/mol. The van der Waals surface area contributed by atoms with Gasteiger partial charge < -0.3 is 124 Å². The molecule has 1 aliphatic carbocycles. The summed E-state index contributed by atoms with van der Waals surface area (Å²) in [5, 5.41) is 119. The molecule has 1 saturated carbocycles. The fourth-order valence-electron chi connectivity index (χ4n) is 6.85. The highest BCUT2D eigenvalue weighted by atomic mass is 16.8. The highest BCUT2D eigenvalue weighted by molar-refractivity contribution is 5.81. The van der Waals surface area contributed by atoms with Gasteiger partial charge in [-0.1, -0.05) is 0 Å². The normalized spacial score (nSPS) is 45.6. The molecular weight excluding hydrogens is 746 g/mol. The van der Waals surface area contributed by atoms with Crippen LogP contribution in [0.25, 0.3) is 0 Å². The average Bonchev–Trinajstić information content (AvgIpc) is 3.47. The number of hydrogen-bond donors (Lipinski definition) is 18. The zero-order valence-electron chi connectivity index (χ0n) is 29.8. The Bertz CT molecular complexity index is 1190. The molecule has 0 aromatic carbocycles. The van der Waals surface area contributed by atoms with Crippen molar-refractivity contribution in [3.63, 3.8) is 0 Å². The van der Waals surface area contributed by atoms with Crippen LogP contribution < -0.4 is 39.3 Å². The van der Waals surface area contributed by atoms with Gasteiger partial charge in [0.1, 0.15) is 79.4 Å². The van der Waals surface area contributed by atoms with E-state index in [1.807, 2.05) is 0 Å². The highest BCUT2D eigenvalue weighted by Crippen LogP contribution is 2.35. The number of nitrogens with one attached hydrogen (secondary N) is 2. The van der Waals surface area contributed by atoms with Crippen LogP contribution in [0.1, 0.15) is 6.42 Å². The Morgan fingerprint density at radius 2 is 1.25 bits per heavy atom. The van der Waals surface area contributed by atoms with Gasteiger partial charge in [0.15, 0.2) is 25.0 Å². The van der Waals surface area contributed by atoms with E-state index in [4.69, 9.17) is 62.2 Å². The Balaban J connectivity index is 1.58. The number of carbonyl (C=O) groups is 1.